The normalized spacial score (nSPS) is 11.5. The Morgan fingerprint density at radius 1 is 0.452 bits per heavy atom. The van der Waals surface area contributed by atoms with Crippen LogP contribution in [0.1, 0.15) is 22.8 Å². The fraction of sp³-hybridized carbons (Fsp3) is 0.182. The van der Waals surface area contributed by atoms with Crippen LogP contribution in [0.4, 0.5) is 0 Å². The lowest BCUT2D eigenvalue weighted by molar-refractivity contribution is 0.185. The van der Waals surface area contributed by atoms with Crippen molar-refractivity contribution >= 4 is 23.3 Å². The largest absolute Gasteiger partial charge is 0.303 e. The third kappa shape index (κ3) is 6.83. The van der Waals surface area contributed by atoms with Crippen LogP contribution in [0.15, 0.2) is 122 Å². The monoisotopic (exact) mass is 572 g/mol. The molecule has 8 nitrogen and oxygen atoms in total. The Morgan fingerprint density at radius 3 is 1.05 bits per heavy atom. The molecule has 5 heterocycles. The molecule has 5 aromatic heterocycles. The van der Waals surface area contributed by atoms with E-state index in [2.05, 4.69) is 87.4 Å². The molecular weight excluding hydrogens is 540 g/mol. The molecular formula is C33H32N8S. The number of rotatable bonds is 12. The highest BCUT2D eigenvalue weighted by atomic mass is 32.1. The predicted molar refractivity (Wildman–Crippen MR) is 166 cm³/mol. The quantitative estimate of drug-likeness (QED) is 0.165. The summed E-state index contributed by atoms with van der Waals surface area (Å²) in [6, 6.07) is 32.5. The fourth-order valence-corrected chi connectivity index (χ4v) is 5.45. The first kappa shape index (κ1) is 27.6. The van der Waals surface area contributed by atoms with Gasteiger partial charge in [-0.1, -0.05) is 36.4 Å². The van der Waals surface area contributed by atoms with Crippen molar-refractivity contribution in [2.24, 2.45) is 0 Å². The van der Waals surface area contributed by atoms with Crippen molar-refractivity contribution in [1.82, 2.24) is 38.9 Å². The maximum atomic E-state index is 6.20. The number of hydrogen-bond donors (Lipinski definition) is 0. The molecule has 0 atom stereocenters. The first-order chi connectivity index (χ1) is 20.7. The topological polar surface area (TPSA) is 67.9 Å². The molecule has 0 N–H and O–H groups in total. The number of imidazole rings is 1. The molecule has 42 heavy (non-hydrogen) atoms. The molecule has 0 unspecified atom stereocenters. The van der Waals surface area contributed by atoms with Crippen LogP contribution in [0.5, 0.6) is 0 Å². The van der Waals surface area contributed by atoms with Crippen molar-refractivity contribution < 1.29 is 0 Å². The molecule has 0 fully saturated rings. The fourth-order valence-electron chi connectivity index (χ4n) is 5.14. The molecule has 0 amide bonds. The van der Waals surface area contributed by atoms with E-state index < -0.39 is 0 Å². The van der Waals surface area contributed by atoms with E-state index in [4.69, 9.17) is 12.2 Å². The zero-order valence-corrected chi connectivity index (χ0v) is 24.1. The van der Waals surface area contributed by atoms with E-state index in [0.29, 0.717) is 39.5 Å². The SMILES string of the molecule is S=c1n(CN(Cc2ccccn2)Cc2ccccn2)c2ccccc2n1CN(Cc1ccccn1)Cc1ccccn1. The standard InChI is InChI=1S/C33H32N8S/c42-33-40(25-38(21-27-11-3-7-17-34-27)22-28-12-4-8-18-35-28)31-15-1-2-16-32(31)41(33)26-39(23-29-13-5-9-19-36-29)24-30-14-6-10-20-37-30/h1-20H,21-26H2. The molecule has 0 saturated carbocycles. The van der Waals surface area contributed by atoms with Crippen LogP contribution in [-0.2, 0) is 39.5 Å². The van der Waals surface area contributed by atoms with E-state index in [-0.39, 0.29) is 0 Å². The lowest BCUT2D eigenvalue weighted by Gasteiger charge is -2.23. The van der Waals surface area contributed by atoms with Gasteiger partial charge in [0.25, 0.3) is 0 Å². The van der Waals surface area contributed by atoms with Crippen LogP contribution in [-0.4, -0.2) is 38.9 Å². The summed E-state index contributed by atoms with van der Waals surface area (Å²) in [5, 5.41) is 0. The van der Waals surface area contributed by atoms with Crippen molar-refractivity contribution in [3.05, 3.63) is 149 Å². The van der Waals surface area contributed by atoms with Gasteiger partial charge in [-0.3, -0.25) is 29.7 Å². The summed E-state index contributed by atoms with van der Waals surface area (Å²) < 4.78 is 5.20. The average molecular weight is 573 g/mol. The van der Waals surface area contributed by atoms with Gasteiger partial charge in [0.2, 0.25) is 0 Å². The molecule has 0 bridgehead atoms. The van der Waals surface area contributed by atoms with Crippen LogP contribution >= 0.6 is 12.2 Å². The Hall–Kier alpha value is -4.57. The summed E-state index contributed by atoms with van der Waals surface area (Å²) in [7, 11) is 0. The number of para-hydroxylation sites is 2. The molecule has 0 aliphatic rings. The minimum Gasteiger partial charge on any atom is -0.303 e. The van der Waals surface area contributed by atoms with Gasteiger partial charge in [-0.2, -0.15) is 0 Å². The van der Waals surface area contributed by atoms with Gasteiger partial charge in [-0.15, -0.1) is 0 Å². The molecule has 0 aliphatic heterocycles. The summed E-state index contributed by atoms with van der Waals surface area (Å²) in [5.74, 6) is 0. The Labute approximate surface area is 250 Å². The molecule has 0 radical (unpaired) electrons. The number of hydrogen-bond acceptors (Lipinski definition) is 7. The third-order valence-corrected chi connectivity index (χ3v) is 7.50. The maximum absolute atomic E-state index is 6.20. The summed E-state index contributed by atoms with van der Waals surface area (Å²) >= 11 is 6.20. The summed E-state index contributed by atoms with van der Waals surface area (Å²) in [5.41, 5.74) is 6.18. The Bertz CT molecular complexity index is 1540. The lowest BCUT2D eigenvalue weighted by Crippen LogP contribution is -2.28. The van der Waals surface area contributed by atoms with Crippen LogP contribution in [0.3, 0.4) is 0 Å². The minimum absolute atomic E-state index is 0.597. The van der Waals surface area contributed by atoms with E-state index in [9.17, 15) is 0 Å². The van der Waals surface area contributed by atoms with E-state index in [1.54, 1.807) is 0 Å². The second kappa shape index (κ2) is 13.4. The van der Waals surface area contributed by atoms with Gasteiger partial charge in [-0.05, 0) is 72.9 Å². The first-order valence-electron chi connectivity index (χ1n) is 14.0. The highest BCUT2D eigenvalue weighted by Gasteiger charge is 2.18. The van der Waals surface area contributed by atoms with Gasteiger partial charge >= 0.3 is 0 Å². The second-order valence-electron chi connectivity index (χ2n) is 10.2. The number of fused-ring (bicyclic) bond motifs is 1. The summed E-state index contributed by atoms with van der Waals surface area (Å²) in [6.07, 6.45) is 7.35. The van der Waals surface area contributed by atoms with Gasteiger partial charge in [0.15, 0.2) is 4.77 Å². The van der Waals surface area contributed by atoms with Gasteiger partial charge in [-0.25, -0.2) is 0 Å². The molecule has 9 heteroatoms. The van der Waals surface area contributed by atoms with Crippen molar-refractivity contribution in [1.29, 1.82) is 0 Å². The highest BCUT2D eigenvalue weighted by Crippen LogP contribution is 2.22. The van der Waals surface area contributed by atoms with Crippen LogP contribution in [0.25, 0.3) is 11.0 Å². The van der Waals surface area contributed by atoms with E-state index >= 15 is 0 Å². The zero-order chi connectivity index (χ0) is 28.6. The first-order valence-corrected chi connectivity index (χ1v) is 14.4. The second-order valence-corrected chi connectivity index (χ2v) is 10.5. The minimum atomic E-state index is 0.597. The average Bonchev–Trinajstić information content (AvgIpc) is 3.29. The van der Waals surface area contributed by atoms with Crippen molar-refractivity contribution in [2.45, 2.75) is 39.5 Å². The molecule has 1 aromatic carbocycles. The smallest absolute Gasteiger partial charge is 0.183 e. The van der Waals surface area contributed by atoms with Gasteiger partial charge in [0.1, 0.15) is 0 Å². The van der Waals surface area contributed by atoms with Gasteiger partial charge < -0.3 is 9.13 Å². The molecule has 6 rings (SSSR count). The number of nitrogens with zero attached hydrogens (tertiary/aromatic N) is 8. The van der Waals surface area contributed by atoms with Gasteiger partial charge in [0, 0.05) is 51.0 Å². The molecule has 0 saturated heterocycles. The highest BCUT2D eigenvalue weighted by molar-refractivity contribution is 7.71. The summed E-state index contributed by atoms with van der Waals surface area (Å²) in [6.45, 7) is 3.88. The van der Waals surface area contributed by atoms with Crippen molar-refractivity contribution in [3.63, 3.8) is 0 Å². The lowest BCUT2D eigenvalue weighted by atomic mass is 10.3. The molecule has 210 valence electrons. The zero-order valence-electron chi connectivity index (χ0n) is 23.3. The molecule has 0 aliphatic carbocycles. The van der Waals surface area contributed by atoms with Crippen molar-refractivity contribution in [3.8, 4) is 0 Å². The van der Waals surface area contributed by atoms with Crippen molar-refractivity contribution in [2.75, 3.05) is 0 Å². The van der Waals surface area contributed by atoms with E-state index in [1.807, 2.05) is 73.3 Å². The Balaban J connectivity index is 1.34. The molecule has 0 spiro atoms. The maximum Gasteiger partial charge on any atom is 0.183 e. The van der Waals surface area contributed by atoms with Crippen LogP contribution < -0.4 is 0 Å². The number of aromatic nitrogens is 6. The van der Waals surface area contributed by atoms with Crippen LogP contribution in [0, 0.1) is 4.77 Å². The summed E-state index contributed by atoms with van der Waals surface area (Å²) in [4.78, 5) is 23.0. The van der Waals surface area contributed by atoms with Crippen LogP contribution in [0.2, 0.25) is 0 Å². The number of pyridine rings is 4. The van der Waals surface area contributed by atoms with Gasteiger partial charge in [0.05, 0.1) is 47.1 Å². The third-order valence-electron chi connectivity index (χ3n) is 7.05. The Morgan fingerprint density at radius 2 is 0.762 bits per heavy atom. The van der Waals surface area contributed by atoms with E-state index in [1.165, 1.54) is 0 Å². The predicted octanol–water partition coefficient (Wildman–Crippen LogP) is 6.07. The Kier molecular flexibility index (Phi) is 8.80. The number of benzene rings is 1. The van der Waals surface area contributed by atoms with E-state index in [0.717, 1.165) is 38.6 Å². The molecule has 6 aromatic rings.